The van der Waals surface area contributed by atoms with E-state index in [4.69, 9.17) is 11.6 Å². The molecule has 27 heavy (non-hydrogen) atoms. The lowest BCUT2D eigenvalue weighted by Gasteiger charge is -2.38. The third kappa shape index (κ3) is 3.48. The van der Waals surface area contributed by atoms with E-state index in [-0.39, 0.29) is 18.0 Å². The molecule has 2 N–H and O–H groups in total. The minimum atomic E-state index is -1.06. The van der Waals surface area contributed by atoms with E-state index in [9.17, 15) is 14.7 Å². The van der Waals surface area contributed by atoms with Gasteiger partial charge in [0.25, 0.3) is 11.5 Å². The summed E-state index contributed by atoms with van der Waals surface area (Å²) in [7, 11) is 0. The number of amides is 1. The Morgan fingerprint density at radius 3 is 2.78 bits per heavy atom. The van der Waals surface area contributed by atoms with Gasteiger partial charge >= 0.3 is 0 Å². The van der Waals surface area contributed by atoms with Crippen LogP contribution in [0.3, 0.4) is 0 Å². The number of carbonyl (C=O) groups is 1. The first-order chi connectivity index (χ1) is 13.0. The number of benzene rings is 1. The van der Waals surface area contributed by atoms with Gasteiger partial charge in [0.15, 0.2) is 0 Å². The highest BCUT2D eigenvalue weighted by Gasteiger charge is 2.35. The number of nitrogens with zero attached hydrogens (tertiary/aromatic N) is 3. The molecule has 1 saturated heterocycles. The predicted molar refractivity (Wildman–Crippen MR) is 102 cm³/mol. The fourth-order valence-corrected chi connectivity index (χ4v) is 3.65. The van der Waals surface area contributed by atoms with E-state index in [1.165, 1.54) is 10.9 Å². The molecular weight excluding hydrogens is 368 g/mol. The Morgan fingerprint density at radius 2 is 2.07 bits per heavy atom. The fraction of sp³-hybridized carbons (Fsp3) is 0.316. The smallest absolute Gasteiger partial charge is 0.270 e. The average Bonchev–Trinajstić information content (AvgIpc) is 3.19. The molecule has 1 fully saturated rings. The van der Waals surface area contributed by atoms with Crippen LogP contribution >= 0.6 is 11.6 Å². The van der Waals surface area contributed by atoms with Crippen LogP contribution in [-0.2, 0) is 6.54 Å². The molecule has 0 bridgehead atoms. The molecule has 3 aromatic rings. The summed E-state index contributed by atoms with van der Waals surface area (Å²) in [6, 6.07) is 8.44. The molecule has 2 aromatic heterocycles. The van der Waals surface area contributed by atoms with E-state index in [1.807, 2.05) is 0 Å². The number of H-pyrrole nitrogens is 1. The number of likely N-dealkylation sites (tertiary alicyclic amines) is 1. The Bertz CT molecular complexity index is 1040. The maximum Gasteiger partial charge on any atom is 0.270 e. The number of carbonyl (C=O) groups excluding carboxylic acids is 1. The Balaban J connectivity index is 1.49. The van der Waals surface area contributed by atoms with E-state index in [0.29, 0.717) is 47.6 Å². The maximum atomic E-state index is 12.7. The van der Waals surface area contributed by atoms with Crippen molar-refractivity contribution in [3.8, 4) is 0 Å². The van der Waals surface area contributed by atoms with Crippen LogP contribution in [0.15, 0.2) is 47.7 Å². The highest BCUT2D eigenvalue weighted by molar-refractivity contribution is 6.31. The number of nitrogens with one attached hydrogen (secondary N) is 1. The van der Waals surface area contributed by atoms with Crippen molar-refractivity contribution in [2.45, 2.75) is 25.0 Å². The molecule has 1 aromatic carbocycles. The number of hydrogen-bond acceptors (Lipinski definition) is 4. The molecule has 7 nitrogen and oxygen atoms in total. The summed E-state index contributed by atoms with van der Waals surface area (Å²) in [5.74, 6) is -0.0801. The first-order valence-electron chi connectivity index (χ1n) is 8.75. The lowest BCUT2D eigenvalue weighted by molar-refractivity contribution is -0.0300. The van der Waals surface area contributed by atoms with Crippen LogP contribution in [-0.4, -0.2) is 49.1 Å². The number of aromatic nitrogens is 3. The van der Waals surface area contributed by atoms with Gasteiger partial charge in [-0.05, 0) is 43.2 Å². The largest absolute Gasteiger partial charge is 0.388 e. The van der Waals surface area contributed by atoms with Crippen molar-refractivity contribution in [3.63, 3.8) is 0 Å². The normalized spacial score (nSPS) is 16.6. The van der Waals surface area contributed by atoms with Gasteiger partial charge in [-0.2, -0.15) is 0 Å². The highest BCUT2D eigenvalue weighted by atomic mass is 35.5. The standard InChI is InChI=1S/C19H19ClN4O3/c20-13-3-4-14-16(10-13)22-12-24(17(14)25)11-19(27)5-8-23(9-6-19)18(26)15-2-1-7-21-15/h1-4,7,10,12,21,27H,5-6,8-9,11H2. The van der Waals surface area contributed by atoms with Gasteiger partial charge in [-0.15, -0.1) is 0 Å². The first-order valence-corrected chi connectivity index (χ1v) is 9.13. The molecule has 0 atom stereocenters. The van der Waals surface area contributed by atoms with Crippen molar-refractivity contribution in [2.75, 3.05) is 13.1 Å². The molecule has 0 unspecified atom stereocenters. The lowest BCUT2D eigenvalue weighted by Crippen LogP contribution is -2.49. The summed E-state index contributed by atoms with van der Waals surface area (Å²) in [5, 5.41) is 11.9. The summed E-state index contributed by atoms with van der Waals surface area (Å²) >= 11 is 5.94. The number of piperidine rings is 1. The fourth-order valence-electron chi connectivity index (χ4n) is 3.48. The zero-order chi connectivity index (χ0) is 19.0. The van der Waals surface area contributed by atoms with E-state index in [1.54, 1.807) is 41.4 Å². The monoisotopic (exact) mass is 386 g/mol. The second-order valence-electron chi connectivity index (χ2n) is 6.94. The van der Waals surface area contributed by atoms with Gasteiger partial charge in [-0.3, -0.25) is 14.2 Å². The summed E-state index contributed by atoms with van der Waals surface area (Å²) in [6.07, 6.45) is 3.93. The van der Waals surface area contributed by atoms with Crippen LogP contribution in [0.1, 0.15) is 23.3 Å². The van der Waals surface area contributed by atoms with Gasteiger partial charge in [0.1, 0.15) is 5.69 Å². The molecule has 8 heteroatoms. The molecule has 0 aliphatic carbocycles. The number of rotatable bonds is 3. The third-order valence-corrected chi connectivity index (χ3v) is 5.30. The molecule has 0 radical (unpaired) electrons. The maximum absolute atomic E-state index is 12.7. The van der Waals surface area contributed by atoms with Crippen molar-refractivity contribution < 1.29 is 9.90 Å². The molecule has 3 heterocycles. The minimum absolute atomic E-state index is 0.0801. The van der Waals surface area contributed by atoms with E-state index in [2.05, 4.69) is 9.97 Å². The van der Waals surface area contributed by atoms with E-state index in [0.717, 1.165) is 0 Å². The predicted octanol–water partition coefficient (Wildman–Crippen LogP) is 2.05. The molecule has 140 valence electrons. The highest BCUT2D eigenvalue weighted by Crippen LogP contribution is 2.25. The first kappa shape index (κ1) is 17.8. The molecule has 1 aliphatic heterocycles. The van der Waals surface area contributed by atoms with Gasteiger partial charge in [0.2, 0.25) is 0 Å². The van der Waals surface area contributed by atoms with Crippen LogP contribution in [0.4, 0.5) is 0 Å². The van der Waals surface area contributed by atoms with E-state index < -0.39 is 5.60 Å². The number of hydrogen-bond donors (Lipinski definition) is 2. The summed E-state index contributed by atoms with van der Waals surface area (Å²) in [5.41, 5.74) is -0.205. The van der Waals surface area contributed by atoms with Crippen LogP contribution in [0.2, 0.25) is 5.02 Å². The summed E-state index contributed by atoms with van der Waals surface area (Å²) in [4.78, 5) is 34.0. The Kier molecular flexibility index (Phi) is 4.49. The van der Waals surface area contributed by atoms with Crippen LogP contribution < -0.4 is 5.56 Å². The number of halogens is 1. The topological polar surface area (TPSA) is 91.2 Å². The molecular formula is C19H19ClN4O3. The zero-order valence-corrected chi connectivity index (χ0v) is 15.3. The zero-order valence-electron chi connectivity index (χ0n) is 14.6. The molecule has 0 saturated carbocycles. The van der Waals surface area contributed by atoms with Gasteiger partial charge < -0.3 is 15.0 Å². The second-order valence-corrected chi connectivity index (χ2v) is 7.38. The molecule has 4 rings (SSSR count). The quantitative estimate of drug-likeness (QED) is 0.720. The Hall–Kier alpha value is -2.64. The van der Waals surface area contributed by atoms with Crippen LogP contribution in [0.25, 0.3) is 10.9 Å². The van der Waals surface area contributed by atoms with Gasteiger partial charge in [-0.1, -0.05) is 11.6 Å². The Morgan fingerprint density at radius 1 is 1.30 bits per heavy atom. The lowest BCUT2D eigenvalue weighted by atomic mass is 9.91. The molecule has 0 spiro atoms. The Labute approximate surface area is 160 Å². The van der Waals surface area contributed by atoms with Gasteiger partial charge in [-0.25, -0.2) is 4.98 Å². The summed E-state index contributed by atoms with van der Waals surface area (Å²) < 4.78 is 1.43. The van der Waals surface area contributed by atoms with Crippen molar-refractivity contribution in [1.82, 2.24) is 19.4 Å². The van der Waals surface area contributed by atoms with Crippen LogP contribution in [0.5, 0.6) is 0 Å². The summed E-state index contributed by atoms with van der Waals surface area (Å²) in [6.45, 7) is 1.00. The number of aliphatic hydroxyl groups is 1. The van der Waals surface area contributed by atoms with Crippen molar-refractivity contribution in [3.05, 3.63) is 63.9 Å². The molecule has 1 amide bonds. The number of fused-ring (bicyclic) bond motifs is 1. The van der Waals surface area contributed by atoms with Crippen molar-refractivity contribution in [2.24, 2.45) is 0 Å². The van der Waals surface area contributed by atoms with Gasteiger partial charge in [0.05, 0.1) is 29.4 Å². The minimum Gasteiger partial charge on any atom is -0.388 e. The van der Waals surface area contributed by atoms with Crippen molar-refractivity contribution in [1.29, 1.82) is 0 Å². The van der Waals surface area contributed by atoms with E-state index >= 15 is 0 Å². The molecule has 1 aliphatic rings. The van der Waals surface area contributed by atoms with Crippen LogP contribution in [0, 0.1) is 0 Å². The second kappa shape index (κ2) is 6.83. The third-order valence-electron chi connectivity index (χ3n) is 5.06. The van der Waals surface area contributed by atoms with Crippen molar-refractivity contribution >= 4 is 28.4 Å². The SMILES string of the molecule is O=C(c1ccc[nH]1)N1CCC(O)(Cn2cnc3cc(Cl)ccc3c2=O)CC1. The number of aromatic amines is 1. The van der Waals surface area contributed by atoms with Gasteiger partial charge in [0, 0.05) is 24.3 Å². The average molecular weight is 387 g/mol.